The molecular weight excluding hydrogens is 416 g/mol. The number of hydrogen-bond donors (Lipinski definition) is 0. The lowest BCUT2D eigenvalue weighted by molar-refractivity contribution is -0.120. The molecule has 2 heterocycles. The Kier molecular flexibility index (Phi) is 6.19. The Morgan fingerprint density at radius 3 is 2.18 bits per heavy atom. The highest BCUT2D eigenvalue weighted by Gasteiger charge is 2.45. The van der Waals surface area contributed by atoms with Crippen LogP contribution in [-0.4, -0.2) is 44.0 Å². The van der Waals surface area contributed by atoms with Gasteiger partial charge in [-0.25, -0.2) is 4.90 Å². The molecule has 0 bridgehead atoms. The molecule has 1 saturated heterocycles. The molecule has 0 saturated carbocycles. The highest BCUT2D eigenvalue weighted by Crippen LogP contribution is 2.42. The van der Waals surface area contributed by atoms with Crippen molar-refractivity contribution in [3.05, 3.63) is 58.8 Å². The summed E-state index contributed by atoms with van der Waals surface area (Å²) in [5, 5.41) is 0. The molecule has 0 aliphatic carbocycles. The lowest BCUT2D eigenvalue weighted by Crippen LogP contribution is -2.42. The number of anilines is 1. The Bertz CT molecular complexity index is 1130. The summed E-state index contributed by atoms with van der Waals surface area (Å²) in [5.74, 6) is 1.21. The molecule has 174 valence electrons. The van der Waals surface area contributed by atoms with Crippen molar-refractivity contribution in [3.63, 3.8) is 0 Å². The van der Waals surface area contributed by atoms with Crippen LogP contribution in [0, 0.1) is 25.7 Å². The Morgan fingerprint density at radius 1 is 0.879 bits per heavy atom. The van der Waals surface area contributed by atoms with Gasteiger partial charge in [0.25, 0.3) is 11.8 Å². The second kappa shape index (κ2) is 8.93. The second-order valence-corrected chi connectivity index (χ2v) is 9.38. The van der Waals surface area contributed by atoms with E-state index in [1.807, 2.05) is 32.0 Å². The van der Waals surface area contributed by atoms with Gasteiger partial charge >= 0.3 is 0 Å². The largest absolute Gasteiger partial charge is 0.497 e. The number of piperidine rings is 1. The number of carbonyl (C=O) groups is 2. The van der Waals surface area contributed by atoms with E-state index in [4.69, 9.17) is 9.47 Å². The van der Waals surface area contributed by atoms with E-state index in [-0.39, 0.29) is 11.8 Å². The average molecular weight is 449 g/mol. The number of methoxy groups -OCH3 is 2. The average Bonchev–Trinajstić information content (AvgIpc) is 3.02. The fourth-order valence-corrected chi connectivity index (χ4v) is 5.18. The van der Waals surface area contributed by atoms with Crippen LogP contribution in [0.2, 0.25) is 0 Å². The molecule has 0 spiro atoms. The molecule has 0 aromatic heterocycles. The van der Waals surface area contributed by atoms with Gasteiger partial charge in [-0.15, -0.1) is 0 Å². The Labute approximate surface area is 195 Å². The summed E-state index contributed by atoms with van der Waals surface area (Å²) in [4.78, 5) is 31.3. The highest BCUT2D eigenvalue weighted by molar-refractivity contribution is 6.45. The van der Waals surface area contributed by atoms with Crippen LogP contribution in [-0.2, 0) is 9.59 Å². The minimum Gasteiger partial charge on any atom is -0.497 e. The standard InChI is InChI=1S/C27H32N2O4/c1-16-7-9-21(19(4)12-16)24-25(28-14-17(2)11-18(3)15-28)27(31)29(26(24)30)22-13-20(32-5)8-10-23(22)33-6/h7-10,12-13,17-18H,11,14-15H2,1-6H3. The van der Waals surface area contributed by atoms with Crippen molar-refractivity contribution in [1.82, 2.24) is 4.90 Å². The van der Waals surface area contributed by atoms with Crippen LogP contribution in [0.15, 0.2) is 42.1 Å². The Hall–Kier alpha value is -3.28. The van der Waals surface area contributed by atoms with Crippen LogP contribution < -0.4 is 14.4 Å². The van der Waals surface area contributed by atoms with E-state index >= 15 is 0 Å². The first-order valence-corrected chi connectivity index (χ1v) is 11.4. The first-order valence-electron chi connectivity index (χ1n) is 11.4. The maximum atomic E-state index is 14.0. The molecule has 6 nitrogen and oxygen atoms in total. The monoisotopic (exact) mass is 448 g/mol. The van der Waals surface area contributed by atoms with E-state index in [0.29, 0.717) is 40.3 Å². The van der Waals surface area contributed by atoms with Gasteiger partial charge in [0.05, 0.1) is 25.5 Å². The number of hydrogen-bond acceptors (Lipinski definition) is 5. The third kappa shape index (κ3) is 4.10. The zero-order valence-electron chi connectivity index (χ0n) is 20.3. The van der Waals surface area contributed by atoms with E-state index in [9.17, 15) is 9.59 Å². The Balaban J connectivity index is 1.90. The summed E-state index contributed by atoms with van der Waals surface area (Å²) >= 11 is 0. The number of amides is 2. The number of likely N-dealkylation sites (tertiary alicyclic amines) is 1. The highest BCUT2D eigenvalue weighted by atomic mass is 16.5. The van der Waals surface area contributed by atoms with Crippen molar-refractivity contribution in [2.75, 3.05) is 32.2 Å². The maximum Gasteiger partial charge on any atom is 0.282 e. The summed E-state index contributed by atoms with van der Waals surface area (Å²) in [5.41, 5.74) is 4.22. The van der Waals surface area contributed by atoms with Crippen LogP contribution in [0.5, 0.6) is 11.5 Å². The lowest BCUT2D eigenvalue weighted by Gasteiger charge is -2.37. The van der Waals surface area contributed by atoms with Gasteiger partial charge in [-0.05, 0) is 55.4 Å². The smallest absolute Gasteiger partial charge is 0.282 e. The molecule has 2 amide bonds. The molecule has 33 heavy (non-hydrogen) atoms. The van der Waals surface area contributed by atoms with E-state index in [1.165, 1.54) is 12.0 Å². The van der Waals surface area contributed by atoms with Gasteiger partial charge in [-0.2, -0.15) is 0 Å². The number of nitrogens with zero attached hydrogens (tertiary/aromatic N) is 2. The van der Waals surface area contributed by atoms with Crippen molar-refractivity contribution in [2.45, 2.75) is 34.1 Å². The summed E-state index contributed by atoms with van der Waals surface area (Å²) in [6.07, 6.45) is 1.11. The summed E-state index contributed by atoms with van der Waals surface area (Å²) in [6, 6.07) is 11.1. The number of ether oxygens (including phenoxy) is 2. The van der Waals surface area contributed by atoms with E-state index in [1.54, 1.807) is 25.3 Å². The van der Waals surface area contributed by atoms with Gasteiger partial charge in [0, 0.05) is 19.2 Å². The summed E-state index contributed by atoms with van der Waals surface area (Å²) in [7, 11) is 3.09. The normalized spacial score (nSPS) is 21.2. The third-order valence-corrected chi connectivity index (χ3v) is 6.52. The van der Waals surface area contributed by atoms with Gasteiger partial charge in [-0.1, -0.05) is 37.6 Å². The van der Waals surface area contributed by atoms with Crippen LogP contribution in [0.4, 0.5) is 5.69 Å². The fourth-order valence-electron chi connectivity index (χ4n) is 5.18. The van der Waals surface area contributed by atoms with Crippen LogP contribution >= 0.6 is 0 Å². The minimum atomic E-state index is -0.334. The van der Waals surface area contributed by atoms with Crippen molar-refractivity contribution in [3.8, 4) is 11.5 Å². The summed E-state index contributed by atoms with van der Waals surface area (Å²) in [6.45, 7) is 9.90. The minimum absolute atomic E-state index is 0.317. The molecule has 2 aliphatic heterocycles. The predicted molar refractivity (Wildman–Crippen MR) is 129 cm³/mol. The van der Waals surface area contributed by atoms with Crippen molar-refractivity contribution < 1.29 is 19.1 Å². The molecule has 2 aromatic carbocycles. The molecule has 0 radical (unpaired) electrons. The van der Waals surface area contributed by atoms with Gasteiger partial charge in [0.1, 0.15) is 17.2 Å². The fraction of sp³-hybridized carbons (Fsp3) is 0.407. The first kappa shape index (κ1) is 22.9. The van der Waals surface area contributed by atoms with Crippen molar-refractivity contribution in [2.24, 2.45) is 11.8 Å². The van der Waals surface area contributed by atoms with Crippen LogP contribution in [0.1, 0.15) is 37.0 Å². The lowest BCUT2D eigenvalue weighted by atomic mass is 9.90. The summed E-state index contributed by atoms with van der Waals surface area (Å²) < 4.78 is 10.9. The molecule has 2 unspecified atom stereocenters. The quantitative estimate of drug-likeness (QED) is 0.627. The number of carbonyl (C=O) groups excluding carboxylic acids is 2. The van der Waals surface area contributed by atoms with Gasteiger partial charge in [0.2, 0.25) is 0 Å². The maximum absolute atomic E-state index is 14.0. The number of aryl methyl sites for hydroxylation is 2. The van der Waals surface area contributed by atoms with E-state index in [0.717, 1.165) is 36.2 Å². The zero-order chi connectivity index (χ0) is 23.9. The van der Waals surface area contributed by atoms with Crippen LogP contribution in [0.3, 0.4) is 0 Å². The van der Waals surface area contributed by atoms with Gasteiger partial charge in [0.15, 0.2) is 0 Å². The third-order valence-electron chi connectivity index (χ3n) is 6.52. The molecule has 0 N–H and O–H groups in total. The van der Waals surface area contributed by atoms with Gasteiger partial charge < -0.3 is 14.4 Å². The van der Waals surface area contributed by atoms with Crippen LogP contribution in [0.25, 0.3) is 5.57 Å². The second-order valence-electron chi connectivity index (χ2n) is 9.38. The SMILES string of the molecule is COc1ccc(OC)c(N2C(=O)C(c3ccc(C)cc3C)=C(N3CC(C)CC(C)C3)C2=O)c1. The predicted octanol–water partition coefficient (Wildman–Crippen LogP) is 4.58. The molecule has 2 aromatic rings. The molecule has 2 aliphatic rings. The molecule has 1 fully saturated rings. The van der Waals surface area contributed by atoms with Crippen molar-refractivity contribution in [1.29, 1.82) is 0 Å². The first-order chi connectivity index (χ1) is 15.7. The molecule has 4 rings (SSSR count). The Morgan fingerprint density at radius 2 is 1.58 bits per heavy atom. The van der Waals surface area contributed by atoms with E-state index in [2.05, 4.69) is 18.7 Å². The number of imide groups is 1. The van der Waals surface area contributed by atoms with E-state index < -0.39 is 0 Å². The molecular formula is C27H32N2O4. The topological polar surface area (TPSA) is 59.1 Å². The van der Waals surface area contributed by atoms with Gasteiger partial charge in [-0.3, -0.25) is 9.59 Å². The molecule has 6 heteroatoms. The molecule has 2 atom stereocenters. The number of benzene rings is 2. The zero-order valence-corrected chi connectivity index (χ0v) is 20.3. The number of rotatable bonds is 5. The van der Waals surface area contributed by atoms with Crippen molar-refractivity contribution >= 4 is 23.1 Å².